The Morgan fingerprint density at radius 1 is 0.806 bits per heavy atom. The molecular weight excluding hydrogens is 516 g/mol. The van der Waals surface area contributed by atoms with Gasteiger partial charge in [0.2, 0.25) is 0 Å². The molecule has 0 unspecified atom stereocenters. The Hall–Kier alpha value is -3.02. The third-order valence-corrected chi connectivity index (χ3v) is 6.34. The molecule has 0 atom stereocenters. The monoisotopic (exact) mass is 530 g/mol. The van der Waals surface area contributed by atoms with Crippen LogP contribution in [-0.2, 0) is 4.79 Å². The van der Waals surface area contributed by atoms with Crippen LogP contribution in [0.4, 0.5) is 5.69 Å². The number of carbonyl (C=O) groups excluding carboxylic acids is 1. The van der Waals surface area contributed by atoms with Crippen molar-refractivity contribution in [1.82, 2.24) is 0 Å². The van der Waals surface area contributed by atoms with Crippen molar-refractivity contribution in [2.45, 2.75) is 0 Å². The SMILES string of the molecule is O=C1/C(=C\c2cccc3ccccc23)N=C(c2ccccc2Br)N1c1cccc(Br)c1. The van der Waals surface area contributed by atoms with Gasteiger partial charge in [0.25, 0.3) is 5.91 Å². The van der Waals surface area contributed by atoms with Gasteiger partial charge in [0, 0.05) is 14.5 Å². The van der Waals surface area contributed by atoms with E-state index in [0.717, 1.165) is 36.5 Å². The first kappa shape index (κ1) is 19.9. The molecule has 0 fully saturated rings. The first-order valence-corrected chi connectivity index (χ1v) is 11.3. The summed E-state index contributed by atoms with van der Waals surface area (Å²) >= 11 is 7.13. The number of fused-ring (bicyclic) bond motifs is 1. The number of amides is 1. The molecule has 1 heterocycles. The second-order valence-corrected chi connectivity index (χ2v) is 8.90. The van der Waals surface area contributed by atoms with E-state index < -0.39 is 0 Å². The van der Waals surface area contributed by atoms with Gasteiger partial charge < -0.3 is 0 Å². The molecule has 1 aliphatic rings. The van der Waals surface area contributed by atoms with Crippen LogP contribution in [0.3, 0.4) is 0 Å². The molecule has 0 N–H and O–H groups in total. The summed E-state index contributed by atoms with van der Waals surface area (Å²) in [5.41, 5.74) is 2.99. The molecule has 0 aliphatic carbocycles. The number of carbonyl (C=O) groups is 1. The minimum absolute atomic E-state index is 0.156. The summed E-state index contributed by atoms with van der Waals surface area (Å²) in [6.07, 6.45) is 1.87. The molecule has 5 rings (SSSR count). The van der Waals surface area contributed by atoms with E-state index in [0.29, 0.717) is 11.5 Å². The van der Waals surface area contributed by atoms with Crippen molar-refractivity contribution in [3.8, 4) is 0 Å². The molecule has 0 aromatic heterocycles. The van der Waals surface area contributed by atoms with Gasteiger partial charge in [-0.05, 0) is 46.7 Å². The fraction of sp³-hybridized carbons (Fsp3) is 0. The standard InChI is InChI=1S/C26H16Br2N2O/c27-19-10-6-11-20(16-19)30-25(22-13-3-4-14-23(22)28)29-24(26(30)31)15-18-9-5-8-17-7-1-2-12-21(17)18/h1-16H/b24-15+. The van der Waals surface area contributed by atoms with Crippen LogP contribution in [0.5, 0.6) is 0 Å². The maximum Gasteiger partial charge on any atom is 0.282 e. The number of hydrogen-bond donors (Lipinski definition) is 0. The lowest BCUT2D eigenvalue weighted by atomic mass is 10.0. The van der Waals surface area contributed by atoms with E-state index in [1.54, 1.807) is 4.90 Å². The molecule has 0 saturated carbocycles. The van der Waals surface area contributed by atoms with Crippen LogP contribution in [0, 0.1) is 0 Å². The summed E-state index contributed by atoms with van der Waals surface area (Å²) in [4.78, 5) is 20.0. The van der Waals surface area contributed by atoms with Gasteiger partial charge in [-0.2, -0.15) is 0 Å². The van der Waals surface area contributed by atoms with Gasteiger partial charge in [0.05, 0.1) is 5.69 Å². The lowest BCUT2D eigenvalue weighted by Crippen LogP contribution is -2.32. The molecule has 0 spiro atoms. The van der Waals surface area contributed by atoms with Gasteiger partial charge in [-0.1, -0.05) is 98.6 Å². The third-order valence-electron chi connectivity index (χ3n) is 5.16. The minimum atomic E-state index is -0.156. The average molecular weight is 532 g/mol. The van der Waals surface area contributed by atoms with Crippen LogP contribution in [0.2, 0.25) is 0 Å². The zero-order valence-corrected chi connectivity index (χ0v) is 19.5. The van der Waals surface area contributed by atoms with Crippen molar-refractivity contribution >= 4 is 66.1 Å². The Bertz CT molecular complexity index is 1390. The van der Waals surface area contributed by atoms with Crippen LogP contribution in [0.1, 0.15) is 11.1 Å². The highest BCUT2D eigenvalue weighted by atomic mass is 79.9. The van der Waals surface area contributed by atoms with Crippen LogP contribution in [0.15, 0.2) is 111 Å². The second-order valence-electron chi connectivity index (χ2n) is 7.13. The minimum Gasteiger partial charge on any atom is -0.266 e. The fourth-order valence-corrected chi connectivity index (χ4v) is 4.57. The van der Waals surface area contributed by atoms with E-state index in [4.69, 9.17) is 4.99 Å². The van der Waals surface area contributed by atoms with Gasteiger partial charge in [0.1, 0.15) is 11.5 Å². The Balaban J connectivity index is 1.69. The molecule has 0 radical (unpaired) electrons. The maximum atomic E-state index is 13.6. The van der Waals surface area contributed by atoms with Crippen molar-refractivity contribution in [3.05, 3.63) is 117 Å². The average Bonchev–Trinajstić information content (AvgIpc) is 3.10. The Kier molecular flexibility index (Phi) is 5.30. The largest absolute Gasteiger partial charge is 0.282 e. The first-order chi connectivity index (χ1) is 15.1. The number of benzene rings is 4. The van der Waals surface area contributed by atoms with Gasteiger partial charge >= 0.3 is 0 Å². The van der Waals surface area contributed by atoms with Gasteiger partial charge in [0.15, 0.2) is 0 Å². The van der Waals surface area contributed by atoms with Crippen molar-refractivity contribution in [2.75, 3.05) is 4.90 Å². The third kappa shape index (κ3) is 3.75. The lowest BCUT2D eigenvalue weighted by molar-refractivity contribution is -0.113. The van der Waals surface area contributed by atoms with Gasteiger partial charge in [-0.3, -0.25) is 9.69 Å². The Labute approximate surface area is 197 Å². The number of anilines is 1. The molecule has 1 amide bonds. The summed E-state index contributed by atoms with van der Waals surface area (Å²) in [5.74, 6) is 0.443. The normalized spacial score (nSPS) is 15.0. The maximum absolute atomic E-state index is 13.6. The van der Waals surface area contributed by atoms with E-state index in [-0.39, 0.29) is 5.91 Å². The quantitative estimate of drug-likeness (QED) is 0.257. The number of halogens is 2. The molecule has 5 heteroatoms. The zero-order chi connectivity index (χ0) is 21.4. The number of aliphatic imine (C=N–C) groups is 1. The zero-order valence-electron chi connectivity index (χ0n) is 16.3. The smallest absolute Gasteiger partial charge is 0.266 e. The van der Waals surface area contributed by atoms with Crippen LogP contribution < -0.4 is 4.90 Å². The van der Waals surface area contributed by atoms with E-state index >= 15 is 0 Å². The van der Waals surface area contributed by atoms with E-state index in [2.05, 4.69) is 50.1 Å². The molecule has 3 nitrogen and oxygen atoms in total. The summed E-state index contributed by atoms with van der Waals surface area (Å²) in [7, 11) is 0. The molecule has 0 bridgehead atoms. The highest BCUT2D eigenvalue weighted by Crippen LogP contribution is 2.32. The molecule has 1 aliphatic heterocycles. The van der Waals surface area contributed by atoms with Crippen molar-refractivity contribution in [1.29, 1.82) is 0 Å². The molecular formula is C26H16Br2N2O. The van der Waals surface area contributed by atoms with Crippen molar-refractivity contribution < 1.29 is 4.79 Å². The first-order valence-electron chi connectivity index (χ1n) is 9.75. The van der Waals surface area contributed by atoms with Crippen LogP contribution in [0.25, 0.3) is 16.8 Å². The predicted octanol–water partition coefficient (Wildman–Crippen LogP) is 7.20. The lowest BCUT2D eigenvalue weighted by Gasteiger charge is -2.19. The second kappa shape index (κ2) is 8.25. The Morgan fingerprint density at radius 3 is 2.39 bits per heavy atom. The topological polar surface area (TPSA) is 32.7 Å². The van der Waals surface area contributed by atoms with Crippen molar-refractivity contribution in [3.63, 3.8) is 0 Å². The summed E-state index contributed by atoms with van der Waals surface area (Å²) in [5, 5.41) is 2.21. The summed E-state index contributed by atoms with van der Waals surface area (Å²) in [6.45, 7) is 0. The van der Waals surface area contributed by atoms with Crippen molar-refractivity contribution in [2.24, 2.45) is 4.99 Å². The molecule has 150 valence electrons. The predicted molar refractivity (Wildman–Crippen MR) is 134 cm³/mol. The van der Waals surface area contributed by atoms with E-state index in [1.807, 2.05) is 78.9 Å². The van der Waals surface area contributed by atoms with Gasteiger partial charge in [-0.15, -0.1) is 0 Å². The van der Waals surface area contributed by atoms with Crippen LogP contribution in [-0.4, -0.2) is 11.7 Å². The van der Waals surface area contributed by atoms with Crippen LogP contribution >= 0.6 is 31.9 Å². The van der Waals surface area contributed by atoms with E-state index in [9.17, 15) is 4.79 Å². The molecule has 4 aromatic rings. The van der Waals surface area contributed by atoms with E-state index in [1.165, 1.54) is 0 Å². The highest BCUT2D eigenvalue weighted by Gasteiger charge is 2.33. The molecule has 0 saturated heterocycles. The number of hydrogen-bond acceptors (Lipinski definition) is 2. The summed E-state index contributed by atoms with van der Waals surface area (Å²) < 4.78 is 1.78. The highest BCUT2D eigenvalue weighted by molar-refractivity contribution is 9.10. The summed E-state index contributed by atoms with van der Waals surface area (Å²) in [6, 6.07) is 29.7. The van der Waals surface area contributed by atoms with Gasteiger partial charge in [-0.25, -0.2) is 4.99 Å². The number of amidine groups is 1. The molecule has 4 aromatic carbocycles. The number of nitrogens with zero attached hydrogens (tertiary/aromatic N) is 2. The Morgan fingerprint density at radius 2 is 1.55 bits per heavy atom. The fourth-order valence-electron chi connectivity index (χ4n) is 3.72. The molecule has 31 heavy (non-hydrogen) atoms. The number of rotatable bonds is 3.